The second-order valence-electron chi connectivity index (χ2n) is 5.96. The Morgan fingerprint density at radius 2 is 1.39 bits per heavy atom. The summed E-state index contributed by atoms with van der Waals surface area (Å²) < 4.78 is 0. The monoisotopic (exact) mass is 307 g/mol. The number of carbonyl (C=O) groups is 3. The fourth-order valence-corrected chi connectivity index (χ4v) is 3.18. The van der Waals surface area contributed by atoms with Gasteiger partial charge in [0.2, 0.25) is 0 Å². The number of imide groups is 1. The van der Waals surface area contributed by atoms with Crippen LogP contribution in [0, 0.1) is 13.8 Å². The molecule has 0 N–H and O–H groups in total. The molecule has 0 aromatic heterocycles. The Labute approximate surface area is 134 Å². The molecule has 0 saturated carbocycles. The van der Waals surface area contributed by atoms with Crippen molar-refractivity contribution in [1.29, 1.82) is 0 Å². The van der Waals surface area contributed by atoms with Gasteiger partial charge in [-0.3, -0.25) is 19.3 Å². The van der Waals surface area contributed by atoms with E-state index >= 15 is 0 Å². The van der Waals surface area contributed by atoms with E-state index in [1.165, 1.54) is 6.92 Å². The summed E-state index contributed by atoms with van der Waals surface area (Å²) in [5, 5.41) is 0. The van der Waals surface area contributed by atoms with Crippen molar-refractivity contribution in [3.05, 3.63) is 70.3 Å². The van der Waals surface area contributed by atoms with Gasteiger partial charge in [-0.05, 0) is 38.5 Å². The normalized spacial score (nSPS) is 14.8. The van der Waals surface area contributed by atoms with Gasteiger partial charge in [-0.2, -0.15) is 0 Å². The first kappa shape index (κ1) is 15.2. The van der Waals surface area contributed by atoms with Crippen LogP contribution in [0.25, 0.3) is 0 Å². The summed E-state index contributed by atoms with van der Waals surface area (Å²) in [7, 11) is 0. The maximum atomic E-state index is 12.6. The quantitative estimate of drug-likeness (QED) is 0.818. The number of Topliss-reactive ketones (excluding diaryl/α,β-unsaturated/α-hetero) is 1. The van der Waals surface area contributed by atoms with Crippen molar-refractivity contribution in [2.75, 3.05) is 0 Å². The van der Waals surface area contributed by atoms with Crippen molar-refractivity contribution >= 4 is 17.6 Å². The topological polar surface area (TPSA) is 54.5 Å². The van der Waals surface area contributed by atoms with Gasteiger partial charge in [-0.15, -0.1) is 0 Å². The molecule has 0 saturated heterocycles. The highest BCUT2D eigenvalue weighted by molar-refractivity contribution is 6.22. The largest absolute Gasteiger partial charge is 0.297 e. The van der Waals surface area contributed by atoms with Crippen LogP contribution in [-0.2, 0) is 4.79 Å². The van der Waals surface area contributed by atoms with Crippen LogP contribution in [0.3, 0.4) is 0 Å². The molecule has 4 heteroatoms. The van der Waals surface area contributed by atoms with Gasteiger partial charge in [0.05, 0.1) is 11.1 Å². The van der Waals surface area contributed by atoms with Gasteiger partial charge in [0, 0.05) is 0 Å². The van der Waals surface area contributed by atoms with Crippen molar-refractivity contribution in [1.82, 2.24) is 4.90 Å². The standard InChI is InChI=1S/C19H17NO3/c1-11-8-12(2)10-14(9-11)17(13(3)21)20-18(22)15-6-4-5-7-16(15)19(20)23/h4-10,17H,1-3H3. The molecule has 2 aromatic rings. The summed E-state index contributed by atoms with van der Waals surface area (Å²) in [6.45, 7) is 5.26. The highest BCUT2D eigenvalue weighted by atomic mass is 16.2. The molecule has 1 aliphatic rings. The van der Waals surface area contributed by atoms with Crippen LogP contribution in [-0.4, -0.2) is 22.5 Å². The summed E-state index contributed by atoms with van der Waals surface area (Å²) >= 11 is 0. The number of benzene rings is 2. The zero-order valence-corrected chi connectivity index (χ0v) is 13.3. The molecule has 0 aliphatic carbocycles. The molecule has 0 fully saturated rings. The Kier molecular flexibility index (Phi) is 3.60. The number of carbonyl (C=O) groups excluding carboxylic acids is 3. The molecular weight excluding hydrogens is 290 g/mol. The molecule has 0 spiro atoms. The molecule has 1 heterocycles. The Hall–Kier alpha value is -2.75. The number of ketones is 1. The molecule has 116 valence electrons. The van der Waals surface area contributed by atoms with Gasteiger partial charge in [-0.1, -0.05) is 41.5 Å². The van der Waals surface area contributed by atoms with E-state index in [2.05, 4.69) is 0 Å². The lowest BCUT2D eigenvalue weighted by Gasteiger charge is -2.25. The highest BCUT2D eigenvalue weighted by Gasteiger charge is 2.42. The maximum Gasteiger partial charge on any atom is 0.262 e. The molecule has 4 nitrogen and oxygen atoms in total. The number of fused-ring (bicyclic) bond motifs is 1. The number of rotatable bonds is 3. The van der Waals surface area contributed by atoms with E-state index in [1.54, 1.807) is 24.3 Å². The summed E-state index contributed by atoms with van der Waals surface area (Å²) in [6, 6.07) is 11.5. The van der Waals surface area contributed by atoms with Gasteiger partial charge >= 0.3 is 0 Å². The predicted molar refractivity (Wildman–Crippen MR) is 86.3 cm³/mol. The lowest BCUT2D eigenvalue weighted by molar-refractivity contribution is -0.121. The first-order valence-electron chi connectivity index (χ1n) is 7.45. The number of hydrogen-bond donors (Lipinski definition) is 0. The number of nitrogens with zero attached hydrogens (tertiary/aromatic N) is 1. The lowest BCUT2D eigenvalue weighted by atomic mass is 9.97. The molecule has 2 amide bonds. The van der Waals surface area contributed by atoms with Gasteiger partial charge < -0.3 is 0 Å². The third kappa shape index (κ3) is 2.46. The van der Waals surface area contributed by atoms with E-state index in [1.807, 2.05) is 32.0 Å². The molecule has 1 atom stereocenters. The van der Waals surface area contributed by atoms with Gasteiger partial charge in [0.1, 0.15) is 6.04 Å². The van der Waals surface area contributed by atoms with Crippen molar-refractivity contribution in [2.45, 2.75) is 26.8 Å². The third-order valence-electron chi connectivity index (χ3n) is 4.03. The van der Waals surface area contributed by atoms with Crippen molar-refractivity contribution < 1.29 is 14.4 Å². The minimum absolute atomic E-state index is 0.232. The third-order valence-corrected chi connectivity index (χ3v) is 4.03. The Morgan fingerprint density at radius 1 is 0.913 bits per heavy atom. The molecule has 1 aliphatic heterocycles. The molecule has 0 bridgehead atoms. The van der Waals surface area contributed by atoms with E-state index in [0.29, 0.717) is 16.7 Å². The van der Waals surface area contributed by atoms with Crippen molar-refractivity contribution in [2.24, 2.45) is 0 Å². The lowest BCUT2D eigenvalue weighted by Crippen LogP contribution is -2.37. The van der Waals surface area contributed by atoms with Crippen LogP contribution in [0.4, 0.5) is 0 Å². The number of hydrogen-bond acceptors (Lipinski definition) is 3. The minimum Gasteiger partial charge on any atom is -0.297 e. The summed E-state index contributed by atoms with van der Waals surface area (Å²) in [5.74, 6) is -1.06. The second kappa shape index (κ2) is 5.47. The number of amides is 2. The fraction of sp³-hybridized carbons (Fsp3) is 0.211. The zero-order chi connectivity index (χ0) is 16.7. The molecule has 0 radical (unpaired) electrons. The van der Waals surface area contributed by atoms with Crippen molar-refractivity contribution in [3.63, 3.8) is 0 Å². The average molecular weight is 307 g/mol. The van der Waals surface area contributed by atoms with E-state index < -0.39 is 17.9 Å². The van der Waals surface area contributed by atoms with Crippen LogP contribution in [0.1, 0.15) is 50.4 Å². The van der Waals surface area contributed by atoms with E-state index in [9.17, 15) is 14.4 Å². The van der Waals surface area contributed by atoms with Crippen molar-refractivity contribution in [3.8, 4) is 0 Å². The van der Waals surface area contributed by atoms with E-state index in [-0.39, 0.29) is 5.78 Å². The average Bonchev–Trinajstić information content (AvgIpc) is 2.72. The van der Waals surface area contributed by atoms with Crippen LogP contribution >= 0.6 is 0 Å². The van der Waals surface area contributed by atoms with Gasteiger partial charge in [0.15, 0.2) is 5.78 Å². The van der Waals surface area contributed by atoms with E-state index in [4.69, 9.17) is 0 Å². The summed E-state index contributed by atoms with van der Waals surface area (Å²) in [4.78, 5) is 38.6. The van der Waals surface area contributed by atoms with Crippen LogP contribution in [0.5, 0.6) is 0 Å². The van der Waals surface area contributed by atoms with Crippen LogP contribution in [0.15, 0.2) is 42.5 Å². The molecule has 2 aromatic carbocycles. The zero-order valence-electron chi connectivity index (χ0n) is 13.3. The highest BCUT2D eigenvalue weighted by Crippen LogP contribution is 2.32. The number of aryl methyl sites for hydroxylation is 2. The van der Waals surface area contributed by atoms with Gasteiger partial charge in [-0.25, -0.2) is 0 Å². The van der Waals surface area contributed by atoms with E-state index in [0.717, 1.165) is 16.0 Å². The summed E-state index contributed by atoms with van der Waals surface area (Å²) in [5.41, 5.74) is 3.36. The smallest absolute Gasteiger partial charge is 0.262 e. The molecule has 1 unspecified atom stereocenters. The molecular formula is C19H17NO3. The minimum atomic E-state index is -0.888. The Balaban J connectivity index is 2.12. The molecule has 3 rings (SSSR count). The summed E-state index contributed by atoms with van der Waals surface area (Å²) in [6.07, 6.45) is 0. The maximum absolute atomic E-state index is 12.6. The first-order valence-corrected chi connectivity index (χ1v) is 7.45. The predicted octanol–water partition coefficient (Wildman–Crippen LogP) is 3.23. The Bertz CT molecular complexity index is 783. The fourth-order valence-electron chi connectivity index (χ4n) is 3.18. The molecule has 23 heavy (non-hydrogen) atoms. The van der Waals surface area contributed by atoms with Gasteiger partial charge in [0.25, 0.3) is 11.8 Å². The SMILES string of the molecule is CC(=O)C(c1cc(C)cc(C)c1)N1C(=O)c2ccccc2C1=O. The van der Waals surface area contributed by atoms with Crippen LogP contribution < -0.4 is 0 Å². The first-order chi connectivity index (χ1) is 10.9. The Morgan fingerprint density at radius 3 is 1.83 bits per heavy atom. The van der Waals surface area contributed by atoms with Crippen LogP contribution in [0.2, 0.25) is 0 Å². The second-order valence-corrected chi connectivity index (χ2v) is 5.96.